The number of hydrogen-bond acceptors (Lipinski definition) is 7. The van der Waals surface area contributed by atoms with Gasteiger partial charge in [-0.05, 0) is 25.0 Å². The molecule has 23 heavy (non-hydrogen) atoms. The van der Waals surface area contributed by atoms with Crippen LogP contribution in [0.1, 0.15) is 38.5 Å². The Morgan fingerprint density at radius 1 is 1.22 bits per heavy atom. The highest BCUT2D eigenvalue weighted by Gasteiger charge is 2.32. The van der Waals surface area contributed by atoms with E-state index in [1.165, 1.54) is 0 Å². The van der Waals surface area contributed by atoms with Crippen molar-refractivity contribution in [3.8, 4) is 0 Å². The fourth-order valence-corrected chi connectivity index (χ4v) is 4.01. The molecule has 0 spiro atoms. The van der Waals surface area contributed by atoms with Crippen LogP contribution >= 0.6 is 21.6 Å². The molecule has 1 fully saturated rings. The fraction of sp³-hybridized carbons (Fsp3) is 0.467. The summed E-state index contributed by atoms with van der Waals surface area (Å²) < 4.78 is 0. The van der Waals surface area contributed by atoms with Crippen LogP contribution in [0.3, 0.4) is 0 Å². The fourth-order valence-electron chi connectivity index (χ4n) is 1.92. The van der Waals surface area contributed by atoms with Gasteiger partial charge in [0.05, 0.1) is 0 Å². The lowest BCUT2D eigenvalue weighted by atomic mass is 10.2. The van der Waals surface area contributed by atoms with E-state index in [0.717, 1.165) is 23.5 Å². The van der Waals surface area contributed by atoms with Crippen molar-refractivity contribution in [2.45, 2.75) is 43.4 Å². The number of hydroxylamine groups is 2. The van der Waals surface area contributed by atoms with Crippen LogP contribution in [0.15, 0.2) is 29.4 Å². The molecule has 8 heteroatoms. The van der Waals surface area contributed by atoms with E-state index in [1.807, 2.05) is 18.3 Å². The highest BCUT2D eigenvalue weighted by molar-refractivity contribution is 8.76. The minimum Gasteiger partial charge on any atom is -0.330 e. The van der Waals surface area contributed by atoms with Crippen LogP contribution in [0, 0.1) is 0 Å². The second-order valence-electron chi connectivity index (χ2n) is 4.95. The monoisotopic (exact) mass is 354 g/mol. The van der Waals surface area contributed by atoms with E-state index in [1.54, 1.807) is 27.8 Å². The summed E-state index contributed by atoms with van der Waals surface area (Å²) in [4.78, 5) is 44.2. The lowest BCUT2D eigenvalue weighted by Gasteiger charge is -2.12. The van der Waals surface area contributed by atoms with E-state index in [-0.39, 0.29) is 19.3 Å². The van der Waals surface area contributed by atoms with Gasteiger partial charge in [-0.3, -0.25) is 14.6 Å². The standard InChI is InChI=1S/C15H18N2O4S2/c18-13-7-8-14(19)17(13)21-15(20)6-2-1-3-10-22-23-12-5-4-9-16-11-12/h4-5,9,11H,1-3,6-8,10H2. The third kappa shape index (κ3) is 6.23. The summed E-state index contributed by atoms with van der Waals surface area (Å²) in [7, 11) is 3.44. The SMILES string of the molecule is O=C(CCCCCSSc1cccnc1)ON1C(=O)CCC1=O. The van der Waals surface area contributed by atoms with Gasteiger partial charge in [-0.25, -0.2) is 4.79 Å². The van der Waals surface area contributed by atoms with Gasteiger partial charge in [-0.1, -0.05) is 28.0 Å². The minimum absolute atomic E-state index is 0.123. The Bertz CT molecular complexity index is 538. The maximum absolute atomic E-state index is 11.6. The molecule has 1 aliphatic heterocycles. The van der Waals surface area contributed by atoms with Gasteiger partial charge in [0.15, 0.2) is 0 Å². The summed E-state index contributed by atoms with van der Waals surface area (Å²) in [6.45, 7) is 0. The zero-order valence-electron chi connectivity index (χ0n) is 12.6. The van der Waals surface area contributed by atoms with Crippen LogP contribution in [0.5, 0.6) is 0 Å². The van der Waals surface area contributed by atoms with Gasteiger partial charge in [0, 0.05) is 42.3 Å². The number of carbonyl (C=O) groups excluding carboxylic acids is 3. The molecule has 0 aromatic carbocycles. The lowest BCUT2D eigenvalue weighted by Crippen LogP contribution is -2.31. The first-order valence-corrected chi connectivity index (χ1v) is 9.75. The Hall–Kier alpha value is -1.54. The van der Waals surface area contributed by atoms with Crippen molar-refractivity contribution in [2.75, 3.05) is 5.75 Å². The highest BCUT2D eigenvalue weighted by Crippen LogP contribution is 2.30. The maximum atomic E-state index is 11.6. The quantitative estimate of drug-likeness (QED) is 0.383. The van der Waals surface area contributed by atoms with Crippen LogP contribution in [0.4, 0.5) is 0 Å². The molecule has 2 rings (SSSR count). The average molecular weight is 354 g/mol. The number of carbonyl (C=O) groups is 3. The zero-order valence-corrected chi connectivity index (χ0v) is 14.2. The van der Waals surface area contributed by atoms with Crippen LogP contribution in [-0.4, -0.2) is 33.6 Å². The number of nitrogens with zero attached hydrogens (tertiary/aromatic N) is 2. The summed E-state index contributed by atoms with van der Waals surface area (Å²) in [5.74, 6) is -0.414. The van der Waals surface area contributed by atoms with Crippen molar-refractivity contribution in [1.29, 1.82) is 0 Å². The molecule has 6 nitrogen and oxygen atoms in total. The molecule has 0 atom stereocenters. The van der Waals surface area contributed by atoms with E-state index < -0.39 is 17.8 Å². The summed E-state index contributed by atoms with van der Waals surface area (Å²) in [5, 5.41) is 0.600. The predicted molar refractivity (Wildman–Crippen MR) is 88.2 cm³/mol. The van der Waals surface area contributed by atoms with E-state index in [9.17, 15) is 14.4 Å². The van der Waals surface area contributed by atoms with Crippen molar-refractivity contribution >= 4 is 39.4 Å². The number of rotatable bonds is 9. The van der Waals surface area contributed by atoms with Crippen LogP contribution < -0.4 is 0 Å². The average Bonchev–Trinajstić information content (AvgIpc) is 2.87. The summed E-state index contributed by atoms with van der Waals surface area (Å²) in [6, 6.07) is 3.92. The molecule has 2 heterocycles. The van der Waals surface area contributed by atoms with Crippen molar-refractivity contribution in [3.63, 3.8) is 0 Å². The van der Waals surface area contributed by atoms with E-state index >= 15 is 0 Å². The van der Waals surface area contributed by atoms with E-state index in [0.29, 0.717) is 11.5 Å². The van der Waals surface area contributed by atoms with E-state index in [2.05, 4.69) is 4.98 Å². The van der Waals surface area contributed by atoms with Gasteiger partial charge in [-0.15, -0.1) is 5.06 Å². The Morgan fingerprint density at radius 2 is 2.00 bits per heavy atom. The summed E-state index contributed by atoms with van der Waals surface area (Å²) in [6.07, 6.45) is 6.62. The first-order valence-electron chi connectivity index (χ1n) is 7.43. The Morgan fingerprint density at radius 3 is 2.70 bits per heavy atom. The Labute approximate surface area is 142 Å². The van der Waals surface area contributed by atoms with Gasteiger partial charge >= 0.3 is 5.97 Å². The first-order chi connectivity index (χ1) is 11.2. The van der Waals surface area contributed by atoms with E-state index in [4.69, 9.17) is 4.84 Å². The third-order valence-electron chi connectivity index (χ3n) is 3.10. The number of unbranched alkanes of at least 4 members (excludes halogenated alkanes) is 2. The molecule has 1 aromatic rings. The predicted octanol–water partition coefficient (Wildman–Crippen LogP) is 2.99. The Kier molecular flexibility index (Phi) is 7.41. The van der Waals surface area contributed by atoms with Crippen LogP contribution in [-0.2, 0) is 19.2 Å². The van der Waals surface area contributed by atoms with Crippen LogP contribution in [0.25, 0.3) is 0 Å². The second-order valence-corrected chi connectivity index (χ2v) is 7.44. The lowest BCUT2D eigenvalue weighted by molar-refractivity contribution is -0.197. The molecule has 0 aliphatic carbocycles. The number of amides is 2. The summed E-state index contributed by atoms with van der Waals surface area (Å²) >= 11 is 0. The van der Waals surface area contributed by atoms with Crippen molar-refractivity contribution in [2.24, 2.45) is 0 Å². The molecular formula is C15H18N2O4S2. The summed E-state index contributed by atoms with van der Waals surface area (Å²) in [5.41, 5.74) is 0. The van der Waals surface area contributed by atoms with Crippen molar-refractivity contribution in [3.05, 3.63) is 24.5 Å². The molecule has 2 amide bonds. The smallest absolute Gasteiger partial charge is 0.330 e. The molecule has 0 radical (unpaired) electrons. The zero-order chi connectivity index (χ0) is 16.5. The number of aromatic nitrogens is 1. The van der Waals surface area contributed by atoms with Gasteiger partial charge in [0.2, 0.25) is 0 Å². The third-order valence-corrected chi connectivity index (χ3v) is 5.54. The van der Waals surface area contributed by atoms with Gasteiger partial charge < -0.3 is 4.84 Å². The molecule has 0 N–H and O–H groups in total. The maximum Gasteiger partial charge on any atom is 0.333 e. The molecule has 0 bridgehead atoms. The minimum atomic E-state index is -0.522. The first kappa shape index (κ1) is 17.8. The molecule has 1 aromatic heterocycles. The highest BCUT2D eigenvalue weighted by atomic mass is 33.1. The van der Waals surface area contributed by atoms with Crippen molar-refractivity contribution < 1.29 is 19.2 Å². The molecule has 0 unspecified atom stereocenters. The molecule has 1 aliphatic rings. The van der Waals surface area contributed by atoms with Crippen LogP contribution in [0.2, 0.25) is 0 Å². The largest absolute Gasteiger partial charge is 0.333 e. The number of imide groups is 1. The second kappa shape index (κ2) is 9.57. The van der Waals surface area contributed by atoms with Gasteiger partial charge in [0.25, 0.3) is 11.8 Å². The van der Waals surface area contributed by atoms with Gasteiger partial charge in [-0.2, -0.15) is 0 Å². The molecular weight excluding hydrogens is 336 g/mol. The Balaban J connectivity index is 1.49. The normalized spacial score (nSPS) is 14.3. The van der Waals surface area contributed by atoms with Gasteiger partial charge in [0.1, 0.15) is 0 Å². The van der Waals surface area contributed by atoms with Crippen molar-refractivity contribution in [1.82, 2.24) is 10.0 Å². The molecule has 124 valence electrons. The topological polar surface area (TPSA) is 76.6 Å². The molecule has 1 saturated heterocycles. The number of hydrogen-bond donors (Lipinski definition) is 0. The number of pyridine rings is 1. The molecule has 0 saturated carbocycles.